The molecule has 70 valence electrons. The minimum Gasteiger partial charge on any atom is -0.296 e. The molecule has 0 saturated carbocycles. The fraction of sp³-hybridized carbons (Fsp3) is 0.778. The Bertz CT molecular complexity index is 179. The number of unbranched alkanes of at least 4 members (excludes halogenated alkanes) is 5. The van der Waals surface area contributed by atoms with E-state index in [0.29, 0.717) is 0 Å². The lowest BCUT2D eigenvalue weighted by molar-refractivity contribution is 0.576. The average Bonchev–Trinajstić information content (AvgIpc) is 2.02. The summed E-state index contributed by atoms with van der Waals surface area (Å²) in [5.41, 5.74) is 0. The van der Waals surface area contributed by atoms with Gasteiger partial charge in [-0.15, -0.1) is 0 Å². The maximum Gasteiger partial charge on any atom is 0.233 e. The highest BCUT2D eigenvalue weighted by atomic mass is 32.2. The first kappa shape index (κ1) is 11.7. The van der Waals surface area contributed by atoms with Gasteiger partial charge in [-0.2, -0.15) is 0 Å². The van der Waals surface area contributed by atoms with Crippen LogP contribution in [0.4, 0.5) is 0 Å². The monoisotopic (exact) mass is 188 g/mol. The van der Waals surface area contributed by atoms with Gasteiger partial charge in [0.2, 0.25) is 11.1 Å². The third kappa shape index (κ3) is 9.67. The number of hydrogen-bond acceptors (Lipinski definition) is 1. The molecule has 0 saturated heterocycles. The zero-order valence-electron chi connectivity index (χ0n) is 7.51. The van der Waals surface area contributed by atoms with E-state index in [4.69, 9.17) is 4.55 Å². The van der Waals surface area contributed by atoms with Crippen LogP contribution in [-0.2, 0) is 11.1 Å². The molecule has 0 aliphatic rings. The molecule has 0 heterocycles. The molecule has 3 heteroatoms. The van der Waals surface area contributed by atoms with Gasteiger partial charge in [-0.05, 0) is 6.42 Å². The van der Waals surface area contributed by atoms with E-state index in [2.05, 4.69) is 18.1 Å². The van der Waals surface area contributed by atoms with Crippen LogP contribution < -0.4 is 0 Å². The second kappa shape index (κ2) is 8.76. The molecule has 0 aromatic rings. The molecule has 0 aliphatic heterocycles. The van der Waals surface area contributed by atoms with Gasteiger partial charge in [-0.1, -0.05) is 38.5 Å². The highest BCUT2D eigenvalue weighted by molar-refractivity contribution is 7.84. The van der Waals surface area contributed by atoms with Gasteiger partial charge in [-0.25, -0.2) is 4.21 Å². The van der Waals surface area contributed by atoms with Gasteiger partial charge >= 0.3 is 0 Å². The minimum atomic E-state index is -1.94. The maximum atomic E-state index is 10.1. The fourth-order valence-electron chi connectivity index (χ4n) is 0.930. The van der Waals surface area contributed by atoms with Crippen molar-refractivity contribution in [2.45, 2.75) is 45.4 Å². The lowest BCUT2D eigenvalue weighted by atomic mass is 10.1. The van der Waals surface area contributed by atoms with Crippen LogP contribution in [0, 0.1) is 11.2 Å². The Labute approximate surface area is 77.0 Å². The van der Waals surface area contributed by atoms with E-state index in [1.54, 1.807) is 0 Å². The molecule has 0 aromatic heterocycles. The Morgan fingerprint density at radius 1 is 1.25 bits per heavy atom. The van der Waals surface area contributed by atoms with Crippen molar-refractivity contribution >= 4 is 11.1 Å². The molecule has 0 amide bonds. The topological polar surface area (TPSA) is 37.3 Å². The van der Waals surface area contributed by atoms with Gasteiger partial charge in [0.1, 0.15) is 0 Å². The molecule has 2 nitrogen and oxygen atoms in total. The van der Waals surface area contributed by atoms with Crippen molar-refractivity contribution < 1.29 is 8.76 Å². The average molecular weight is 188 g/mol. The summed E-state index contributed by atoms with van der Waals surface area (Å²) in [5.74, 6) is 2.66. The summed E-state index contributed by atoms with van der Waals surface area (Å²) in [6.45, 7) is 2.18. The Kier molecular flexibility index (Phi) is 8.52. The van der Waals surface area contributed by atoms with Gasteiger partial charge in [0.15, 0.2) is 0 Å². The van der Waals surface area contributed by atoms with Crippen LogP contribution in [0.5, 0.6) is 0 Å². The molecule has 1 N–H and O–H groups in total. The summed E-state index contributed by atoms with van der Waals surface area (Å²) in [7, 11) is 0. The van der Waals surface area contributed by atoms with Gasteiger partial charge in [0.05, 0.1) is 0 Å². The third-order valence-electron chi connectivity index (χ3n) is 1.56. The van der Waals surface area contributed by atoms with Crippen molar-refractivity contribution in [2.24, 2.45) is 0 Å². The zero-order chi connectivity index (χ0) is 9.23. The van der Waals surface area contributed by atoms with Crippen LogP contribution in [0.25, 0.3) is 0 Å². The van der Waals surface area contributed by atoms with Crippen LogP contribution in [0.15, 0.2) is 0 Å². The molecule has 0 fully saturated rings. The Morgan fingerprint density at radius 3 is 2.50 bits per heavy atom. The lowest BCUT2D eigenvalue weighted by Crippen LogP contribution is -1.79. The summed E-state index contributed by atoms with van der Waals surface area (Å²) in [6.07, 6.45) is 6.74. The number of hydrogen-bond donors (Lipinski definition) is 1. The van der Waals surface area contributed by atoms with E-state index in [1.165, 1.54) is 25.7 Å². The first-order valence-electron chi connectivity index (χ1n) is 4.36. The predicted octanol–water partition coefficient (Wildman–Crippen LogP) is 2.53. The summed E-state index contributed by atoms with van der Waals surface area (Å²) >= 11 is -1.94. The van der Waals surface area contributed by atoms with Crippen molar-refractivity contribution in [1.82, 2.24) is 0 Å². The molecule has 0 radical (unpaired) electrons. The number of rotatable bonds is 5. The standard InChI is InChI=1S/C9H16O2S/c1-2-3-4-5-6-7-8-9-12(10)11/h2-7H2,1H3,(H,10,11). The second-order valence-corrected chi connectivity index (χ2v) is 3.39. The summed E-state index contributed by atoms with van der Waals surface area (Å²) in [4.78, 5) is 0. The lowest BCUT2D eigenvalue weighted by Gasteiger charge is -1.93. The highest BCUT2D eigenvalue weighted by Crippen LogP contribution is 2.03. The van der Waals surface area contributed by atoms with Crippen LogP contribution in [-0.4, -0.2) is 8.76 Å². The highest BCUT2D eigenvalue weighted by Gasteiger charge is 1.86. The van der Waals surface area contributed by atoms with Crippen LogP contribution in [0.1, 0.15) is 45.4 Å². The Morgan fingerprint density at radius 2 is 1.92 bits per heavy atom. The summed E-state index contributed by atoms with van der Waals surface area (Å²) in [6, 6.07) is 0. The summed E-state index contributed by atoms with van der Waals surface area (Å²) in [5, 5.41) is 2.21. The van der Waals surface area contributed by atoms with Crippen LogP contribution >= 0.6 is 0 Å². The first-order valence-corrected chi connectivity index (χ1v) is 5.47. The normalized spacial score (nSPS) is 11.8. The van der Waals surface area contributed by atoms with E-state index < -0.39 is 11.1 Å². The van der Waals surface area contributed by atoms with Crippen LogP contribution in [0.2, 0.25) is 0 Å². The SMILES string of the molecule is CCCCCCCC#CS(=O)O. The van der Waals surface area contributed by atoms with E-state index in [1.807, 2.05) is 0 Å². The predicted molar refractivity (Wildman–Crippen MR) is 51.9 cm³/mol. The largest absolute Gasteiger partial charge is 0.296 e. The van der Waals surface area contributed by atoms with Crippen molar-refractivity contribution in [1.29, 1.82) is 0 Å². The van der Waals surface area contributed by atoms with Crippen molar-refractivity contribution in [2.75, 3.05) is 0 Å². The summed E-state index contributed by atoms with van der Waals surface area (Å²) < 4.78 is 18.4. The molecule has 1 atom stereocenters. The first-order chi connectivity index (χ1) is 5.77. The fourth-order valence-corrected chi connectivity index (χ4v) is 1.16. The zero-order valence-corrected chi connectivity index (χ0v) is 8.32. The minimum absolute atomic E-state index is 0.746. The van der Waals surface area contributed by atoms with Crippen LogP contribution in [0.3, 0.4) is 0 Å². The third-order valence-corrected chi connectivity index (χ3v) is 1.88. The molecule has 1 unspecified atom stereocenters. The van der Waals surface area contributed by atoms with Crippen molar-refractivity contribution in [3.05, 3.63) is 0 Å². The van der Waals surface area contributed by atoms with Gasteiger partial charge < -0.3 is 0 Å². The van der Waals surface area contributed by atoms with E-state index >= 15 is 0 Å². The van der Waals surface area contributed by atoms with Crippen molar-refractivity contribution in [3.63, 3.8) is 0 Å². The molecule has 0 rings (SSSR count). The molecular formula is C9H16O2S. The second-order valence-electron chi connectivity index (χ2n) is 2.69. The molecule has 12 heavy (non-hydrogen) atoms. The smallest absolute Gasteiger partial charge is 0.233 e. The van der Waals surface area contributed by atoms with Crippen molar-refractivity contribution in [3.8, 4) is 11.2 Å². The van der Waals surface area contributed by atoms with Gasteiger partial charge in [0.25, 0.3) is 0 Å². The molecular weight excluding hydrogens is 172 g/mol. The molecule has 0 aromatic carbocycles. The maximum absolute atomic E-state index is 10.1. The van der Waals surface area contributed by atoms with E-state index in [-0.39, 0.29) is 0 Å². The quantitative estimate of drug-likeness (QED) is 0.409. The van der Waals surface area contributed by atoms with E-state index in [0.717, 1.165) is 12.8 Å². The molecule has 0 spiro atoms. The Hall–Kier alpha value is -0.330. The van der Waals surface area contributed by atoms with Gasteiger partial charge in [0, 0.05) is 11.7 Å². The molecule has 0 bridgehead atoms. The van der Waals surface area contributed by atoms with E-state index in [9.17, 15) is 4.21 Å². The van der Waals surface area contributed by atoms with Gasteiger partial charge in [-0.3, -0.25) is 4.55 Å². The Balaban J connectivity index is 3.12. The molecule has 0 aliphatic carbocycles.